The number of piperidine rings is 1. The molecular weight excluding hydrogens is 248 g/mol. The van der Waals surface area contributed by atoms with Crippen LogP contribution < -0.4 is 10.0 Å². The zero-order valence-electron chi connectivity index (χ0n) is 12.0. The van der Waals surface area contributed by atoms with E-state index in [1.54, 1.807) is 0 Å². The van der Waals surface area contributed by atoms with E-state index in [2.05, 4.69) is 17.0 Å². The molecule has 2 atom stereocenters. The van der Waals surface area contributed by atoms with Gasteiger partial charge in [0.1, 0.15) is 0 Å². The van der Waals surface area contributed by atoms with Gasteiger partial charge in [-0.15, -0.1) is 0 Å². The third-order valence-corrected chi connectivity index (χ3v) is 6.12. The van der Waals surface area contributed by atoms with E-state index in [0.717, 1.165) is 32.5 Å². The van der Waals surface area contributed by atoms with Crippen LogP contribution in [0, 0.1) is 5.41 Å². The molecule has 1 spiro atoms. The van der Waals surface area contributed by atoms with Crippen molar-refractivity contribution in [3.63, 3.8) is 0 Å². The highest BCUT2D eigenvalue weighted by Crippen LogP contribution is 2.45. The highest BCUT2D eigenvalue weighted by molar-refractivity contribution is 7.84. The van der Waals surface area contributed by atoms with Gasteiger partial charge >= 0.3 is 0 Å². The Hall–Kier alpha value is 0.0300. The van der Waals surface area contributed by atoms with E-state index in [1.807, 2.05) is 20.8 Å². The summed E-state index contributed by atoms with van der Waals surface area (Å²) in [5.74, 6) is 0. The third-order valence-electron chi connectivity index (χ3n) is 4.37. The SMILES string of the molecule is CC(C)(C)[S@@](=O)NC1(C)COCC12CCNCC2. The second-order valence-electron chi connectivity index (χ2n) is 6.84. The molecule has 1 unspecified atom stereocenters. The van der Waals surface area contributed by atoms with Crippen LogP contribution in [0.1, 0.15) is 40.5 Å². The molecule has 0 saturated carbocycles. The minimum atomic E-state index is -1.04. The molecule has 2 aliphatic heterocycles. The van der Waals surface area contributed by atoms with Crippen LogP contribution in [0.2, 0.25) is 0 Å². The Labute approximate surface area is 113 Å². The molecule has 0 aromatic carbocycles. The van der Waals surface area contributed by atoms with Gasteiger partial charge in [-0.3, -0.25) is 0 Å². The maximum absolute atomic E-state index is 12.4. The summed E-state index contributed by atoms with van der Waals surface area (Å²) in [6, 6.07) is 0. The van der Waals surface area contributed by atoms with Crippen LogP contribution in [0.15, 0.2) is 0 Å². The van der Waals surface area contributed by atoms with Gasteiger partial charge in [-0.2, -0.15) is 0 Å². The number of nitrogens with one attached hydrogen (secondary N) is 2. The third kappa shape index (κ3) is 2.50. The molecule has 0 amide bonds. The number of hydrogen-bond acceptors (Lipinski definition) is 3. The lowest BCUT2D eigenvalue weighted by Gasteiger charge is -2.45. The lowest BCUT2D eigenvalue weighted by molar-refractivity contribution is 0.108. The fourth-order valence-electron chi connectivity index (χ4n) is 2.86. The van der Waals surface area contributed by atoms with Crippen LogP contribution in [-0.2, 0) is 15.7 Å². The van der Waals surface area contributed by atoms with Gasteiger partial charge in [0.15, 0.2) is 0 Å². The van der Waals surface area contributed by atoms with Gasteiger partial charge in [-0.05, 0) is 53.6 Å². The molecule has 5 heteroatoms. The highest BCUT2D eigenvalue weighted by Gasteiger charge is 2.54. The maximum atomic E-state index is 12.4. The Morgan fingerprint density at radius 3 is 2.39 bits per heavy atom. The summed E-state index contributed by atoms with van der Waals surface area (Å²) in [6.45, 7) is 11.7. The zero-order valence-corrected chi connectivity index (χ0v) is 12.8. The molecule has 0 radical (unpaired) electrons. The van der Waals surface area contributed by atoms with Crippen molar-refractivity contribution in [3.05, 3.63) is 0 Å². The van der Waals surface area contributed by atoms with Crippen molar-refractivity contribution in [1.82, 2.24) is 10.0 Å². The Morgan fingerprint density at radius 2 is 1.83 bits per heavy atom. The Morgan fingerprint density at radius 1 is 1.22 bits per heavy atom. The highest BCUT2D eigenvalue weighted by atomic mass is 32.2. The first kappa shape index (κ1) is 14.4. The number of hydrogen-bond donors (Lipinski definition) is 2. The van der Waals surface area contributed by atoms with Gasteiger partial charge in [-0.25, -0.2) is 8.93 Å². The van der Waals surface area contributed by atoms with Crippen molar-refractivity contribution >= 4 is 11.0 Å². The van der Waals surface area contributed by atoms with Gasteiger partial charge in [0.05, 0.1) is 34.5 Å². The molecule has 2 heterocycles. The molecule has 0 aliphatic carbocycles. The van der Waals surface area contributed by atoms with Gasteiger partial charge in [0, 0.05) is 5.41 Å². The summed E-state index contributed by atoms with van der Waals surface area (Å²) in [7, 11) is -1.04. The lowest BCUT2D eigenvalue weighted by atomic mass is 9.67. The van der Waals surface area contributed by atoms with E-state index in [1.165, 1.54) is 0 Å². The summed E-state index contributed by atoms with van der Waals surface area (Å²) in [6.07, 6.45) is 2.19. The smallest absolute Gasteiger partial charge is 0.0976 e. The first-order chi connectivity index (χ1) is 8.29. The standard InChI is InChI=1S/C13H26N2O2S/c1-11(2,3)18(16)15-12(4)9-17-10-13(12)5-7-14-8-6-13/h14-15H,5-10H2,1-4H3/t12?,18-/m1/s1. The van der Waals surface area contributed by atoms with E-state index in [9.17, 15) is 4.21 Å². The number of rotatable bonds is 2. The van der Waals surface area contributed by atoms with E-state index in [0.29, 0.717) is 6.61 Å². The zero-order chi connectivity index (χ0) is 13.4. The van der Waals surface area contributed by atoms with Gasteiger partial charge < -0.3 is 10.1 Å². The largest absolute Gasteiger partial charge is 0.379 e. The maximum Gasteiger partial charge on any atom is 0.0976 e. The molecule has 4 nitrogen and oxygen atoms in total. The second kappa shape index (κ2) is 4.85. The van der Waals surface area contributed by atoms with Crippen LogP contribution in [0.25, 0.3) is 0 Å². The molecule has 0 aromatic rings. The van der Waals surface area contributed by atoms with Crippen LogP contribution in [0.4, 0.5) is 0 Å². The van der Waals surface area contributed by atoms with Crippen molar-refractivity contribution < 1.29 is 8.95 Å². The molecule has 18 heavy (non-hydrogen) atoms. The minimum absolute atomic E-state index is 0.138. The number of ether oxygens (including phenoxy) is 1. The van der Waals surface area contributed by atoms with Crippen molar-refractivity contribution in [1.29, 1.82) is 0 Å². The molecule has 106 valence electrons. The van der Waals surface area contributed by atoms with Crippen LogP contribution >= 0.6 is 0 Å². The molecule has 0 bridgehead atoms. The van der Waals surface area contributed by atoms with Crippen molar-refractivity contribution in [2.75, 3.05) is 26.3 Å². The van der Waals surface area contributed by atoms with Crippen molar-refractivity contribution in [2.24, 2.45) is 5.41 Å². The van der Waals surface area contributed by atoms with E-state index in [4.69, 9.17) is 4.74 Å². The summed E-state index contributed by atoms with van der Waals surface area (Å²) in [4.78, 5) is 0. The lowest BCUT2D eigenvalue weighted by Crippen LogP contribution is -2.60. The van der Waals surface area contributed by atoms with Gasteiger partial charge in [0.25, 0.3) is 0 Å². The topological polar surface area (TPSA) is 50.4 Å². The predicted octanol–water partition coefficient (Wildman–Crippen LogP) is 1.20. The summed E-state index contributed by atoms with van der Waals surface area (Å²) < 4.78 is 21.3. The average Bonchev–Trinajstić information content (AvgIpc) is 2.56. The predicted molar refractivity (Wildman–Crippen MR) is 74.8 cm³/mol. The fraction of sp³-hybridized carbons (Fsp3) is 1.00. The Balaban J connectivity index is 2.16. The molecule has 2 aliphatic rings. The van der Waals surface area contributed by atoms with Crippen LogP contribution in [-0.4, -0.2) is 40.8 Å². The molecule has 2 N–H and O–H groups in total. The van der Waals surface area contributed by atoms with E-state index in [-0.39, 0.29) is 15.7 Å². The first-order valence-electron chi connectivity index (χ1n) is 6.77. The second-order valence-corrected chi connectivity index (χ2v) is 8.80. The van der Waals surface area contributed by atoms with Crippen molar-refractivity contribution in [3.8, 4) is 0 Å². The molecule has 0 aromatic heterocycles. The molecular formula is C13H26N2O2S. The summed E-state index contributed by atoms with van der Waals surface area (Å²) in [5, 5.41) is 3.40. The fourth-order valence-corrected chi connectivity index (χ4v) is 3.85. The molecule has 2 saturated heterocycles. The minimum Gasteiger partial charge on any atom is -0.379 e. The molecule has 2 fully saturated rings. The van der Waals surface area contributed by atoms with Gasteiger partial charge in [-0.1, -0.05) is 0 Å². The Bertz CT molecular complexity index is 334. The van der Waals surface area contributed by atoms with Crippen LogP contribution in [0.3, 0.4) is 0 Å². The summed E-state index contributed by atoms with van der Waals surface area (Å²) >= 11 is 0. The first-order valence-corrected chi connectivity index (χ1v) is 7.92. The van der Waals surface area contributed by atoms with Crippen LogP contribution in [0.5, 0.6) is 0 Å². The Kier molecular flexibility index (Phi) is 3.89. The molecule has 2 rings (SSSR count). The quantitative estimate of drug-likeness (QED) is 0.795. The average molecular weight is 274 g/mol. The van der Waals surface area contributed by atoms with Crippen molar-refractivity contribution in [2.45, 2.75) is 50.8 Å². The monoisotopic (exact) mass is 274 g/mol. The van der Waals surface area contributed by atoms with E-state index < -0.39 is 11.0 Å². The normalized spacial score (nSPS) is 33.8. The van der Waals surface area contributed by atoms with Gasteiger partial charge in [0.2, 0.25) is 0 Å². The van der Waals surface area contributed by atoms with E-state index >= 15 is 0 Å². The summed E-state index contributed by atoms with van der Waals surface area (Å²) in [5.41, 5.74) is -0.0353.